The predicted octanol–water partition coefficient (Wildman–Crippen LogP) is 1.15. The standard InChI is InChI=1S/C7H3N2OS/c10-3-5-1-2-8-7-6(5)11-4-9-7/h1-2,4H. The van der Waals surface area contributed by atoms with Gasteiger partial charge in [0.25, 0.3) is 0 Å². The van der Waals surface area contributed by atoms with Crippen molar-refractivity contribution >= 4 is 28.0 Å². The van der Waals surface area contributed by atoms with Gasteiger partial charge in [-0.25, -0.2) is 9.97 Å². The molecule has 11 heavy (non-hydrogen) atoms. The molecular formula is C7H3N2OS. The minimum absolute atomic E-state index is 0.539. The Hall–Kier alpha value is -1.29. The molecule has 0 fully saturated rings. The zero-order valence-corrected chi connectivity index (χ0v) is 6.26. The SMILES string of the molecule is O=[C]c1ccnc2ncsc12. The monoisotopic (exact) mass is 163 g/mol. The summed E-state index contributed by atoms with van der Waals surface area (Å²) in [5, 5.41) is 0. The first-order valence-electron chi connectivity index (χ1n) is 2.98. The van der Waals surface area contributed by atoms with Crippen LogP contribution in [0, 0.1) is 0 Å². The van der Waals surface area contributed by atoms with Crippen LogP contribution in [0.25, 0.3) is 10.3 Å². The molecule has 1 radical (unpaired) electrons. The molecule has 0 aliphatic carbocycles. The van der Waals surface area contributed by atoms with Crippen LogP contribution < -0.4 is 0 Å². The fourth-order valence-electron chi connectivity index (χ4n) is 0.855. The Kier molecular flexibility index (Phi) is 1.40. The van der Waals surface area contributed by atoms with Crippen molar-refractivity contribution in [3.63, 3.8) is 0 Å². The summed E-state index contributed by atoms with van der Waals surface area (Å²) in [6, 6.07) is 1.63. The van der Waals surface area contributed by atoms with E-state index in [1.54, 1.807) is 17.8 Å². The van der Waals surface area contributed by atoms with Gasteiger partial charge in [0.2, 0.25) is 6.29 Å². The van der Waals surface area contributed by atoms with Crippen LogP contribution in [0.3, 0.4) is 0 Å². The molecule has 2 rings (SSSR count). The summed E-state index contributed by atoms with van der Waals surface area (Å²) in [5.74, 6) is 0. The van der Waals surface area contributed by atoms with Crippen molar-refractivity contribution in [2.24, 2.45) is 0 Å². The van der Waals surface area contributed by atoms with E-state index < -0.39 is 0 Å². The molecule has 0 amide bonds. The average molecular weight is 163 g/mol. The lowest BCUT2D eigenvalue weighted by Crippen LogP contribution is -1.82. The summed E-state index contributed by atoms with van der Waals surface area (Å²) in [6.45, 7) is 0. The first-order chi connectivity index (χ1) is 5.42. The van der Waals surface area contributed by atoms with Crippen molar-refractivity contribution < 1.29 is 4.79 Å². The number of hydrogen-bond donors (Lipinski definition) is 0. The van der Waals surface area contributed by atoms with Crippen LogP contribution >= 0.6 is 11.3 Å². The maximum atomic E-state index is 10.3. The summed E-state index contributed by atoms with van der Waals surface area (Å²) in [5.41, 5.74) is 2.83. The van der Waals surface area contributed by atoms with E-state index in [1.165, 1.54) is 11.3 Å². The highest BCUT2D eigenvalue weighted by Gasteiger charge is 2.02. The number of hydrogen-bond acceptors (Lipinski definition) is 4. The van der Waals surface area contributed by atoms with E-state index in [1.807, 2.05) is 6.29 Å². The molecule has 0 atom stereocenters. The third-order valence-electron chi connectivity index (χ3n) is 1.34. The summed E-state index contributed by atoms with van der Waals surface area (Å²) >= 11 is 1.40. The molecule has 0 aliphatic rings. The Morgan fingerprint density at radius 3 is 3.18 bits per heavy atom. The second kappa shape index (κ2) is 2.39. The lowest BCUT2D eigenvalue weighted by atomic mass is 10.3. The van der Waals surface area contributed by atoms with Crippen LogP contribution in [-0.2, 0) is 4.79 Å². The maximum absolute atomic E-state index is 10.3. The average Bonchev–Trinajstić information content (AvgIpc) is 2.50. The second-order valence-corrected chi connectivity index (χ2v) is 2.82. The molecule has 3 nitrogen and oxygen atoms in total. The first-order valence-corrected chi connectivity index (χ1v) is 3.86. The first kappa shape index (κ1) is 6.42. The number of fused-ring (bicyclic) bond motifs is 1. The van der Waals surface area contributed by atoms with E-state index in [-0.39, 0.29) is 0 Å². The highest BCUT2D eigenvalue weighted by molar-refractivity contribution is 7.17. The number of pyridine rings is 1. The minimum atomic E-state index is 0.539. The molecule has 2 aromatic rings. The number of rotatable bonds is 1. The second-order valence-electron chi connectivity index (χ2n) is 1.97. The lowest BCUT2D eigenvalue weighted by molar-refractivity contribution is 0.563. The van der Waals surface area contributed by atoms with Crippen molar-refractivity contribution in [3.05, 3.63) is 23.3 Å². The molecule has 0 N–H and O–H groups in total. The van der Waals surface area contributed by atoms with Crippen LogP contribution in [0.5, 0.6) is 0 Å². The van der Waals surface area contributed by atoms with E-state index >= 15 is 0 Å². The Balaban J connectivity index is 2.88. The molecule has 2 aromatic heterocycles. The Bertz CT molecular complexity index is 396. The van der Waals surface area contributed by atoms with Crippen molar-refractivity contribution in [2.75, 3.05) is 0 Å². The van der Waals surface area contributed by atoms with Gasteiger partial charge in [-0.1, -0.05) is 0 Å². The van der Waals surface area contributed by atoms with Crippen LogP contribution in [0.4, 0.5) is 0 Å². The number of aromatic nitrogens is 2. The summed E-state index contributed by atoms with van der Waals surface area (Å²) in [7, 11) is 0. The molecule has 53 valence electrons. The molecule has 0 saturated heterocycles. The lowest BCUT2D eigenvalue weighted by Gasteiger charge is -1.87. The van der Waals surface area contributed by atoms with E-state index in [9.17, 15) is 4.79 Å². The van der Waals surface area contributed by atoms with Crippen LogP contribution in [0.1, 0.15) is 5.56 Å². The predicted molar refractivity (Wildman–Crippen MR) is 42.2 cm³/mol. The van der Waals surface area contributed by atoms with Crippen molar-refractivity contribution in [1.82, 2.24) is 9.97 Å². The smallest absolute Gasteiger partial charge is 0.235 e. The third kappa shape index (κ3) is 0.914. The zero-order chi connectivity index (χ0) is 7.68. The van der Waals surface area contributed by atoms with Gasteiger partial charge >= 0.3 is 0 Å². The van der Waals surface area contributed by atoms with Gasteiger partial charge in [-0.3, -0.25) is 4.79 Å². The minimum Gasteiger partial charge on any atom is -0.285 e. The van der Waals surface area contributed by atoms with Gasteiger partial charge in [0, 0.05) is 11.8 Å². The fourth-order valence-corrected chi connectivity index (χ4v) is 1.56. The summed E-state index contributed by atoms with van der Waals surface area (Å²) in [4.78, 5) is 18.3. The summed E-state index contributed by atoms with van der Waals surface area (Å²) in [6.07, 6.45) is 3.39. The number of thiazole rings is 1. The number of nitrogens with zero attached hydrogens (tertiary/aromatic N) is 2. The van der Waals surface area contributed by atoms with Gasteiger partial charge in [-0.05, 0) is 6.07 Å². The molecular weight excluding hydrogens is 160 g/mol. The topological polar surface area (TPSA) is 42.9 Å². The van der Waals surface area contributed by atoms with Gasteiger partial charge in [0.05, 0.1) is 10.2 Å². The molecule has 4 heteroatoms. The molecule has 0 bridgehead atoms. The molecule has 0 aromatic carbocycles. The van der Waals surface area contributed by atoms with Gasteiger partial charge < -0.3 is 0 Å². The molecule has 2 heterocycles. The Labute approximate surface area is 66.7 Å². The van der Waals surface area contributed by atoms with E-state index in [0.29, 0.717) is 11.2 Å². The molecule has 0 spiro atoms. The van der Waals surface area contributed by atoms with E-state index in [2.05, 4.69) is 9.97 Å². The normalized spacial score (nSPS) is 10.2. The van der Waals surface area contributed by atoms with Gasteiger partial charge in [0.15, 0.2) is 5.65 Å². The highest BCUT2D eigenvalue weighted by Crippen LogP contribution is 2.17. The van der Waals surface area contributed by atoms with Crippen molar-refractivity contribution in [3.8, 4) is 0 Å². The van der Waals surface area contributed by atoms with Crippen LogP contribution in [0.2, 0.25) is 0 Å². The highest BCUT2D eigenvalue weighted by atomic mass is 32.1. The van der Waals surface area contributed by atoms with Gasteiger partial charge in [-0.15, -0.1) is 11.3 Å². The van der Waals surface area contributed by atoms with Crippen molar-refractivity contribution in [2.45, 2.75) is 0 Å². The Morgan fingerprint density at radius 2 is 2.36 bits per heavy atom. The fraction of sp³-hybridized carbons (Fsp3) is 0. The van der Waals surface area contributed by atoms with Crippen LogP contribution in [0.15, 0.2) is 17.8 Å². The maximum Gasteiger partial charge on any atom is 0.235 e. The number of carbonyl (C=O) groups excluding carboxylic acids is 1. The van der Waals surface area contributed by atoms with E-state index in [4.69, 9.17) is 0 Å². The Morgan fingerprint density at radius 1 is 1.45 bits per heavy atom. The van der Waals surface area contributed by atoms with Crippen LogP contribution in [-0.4, -0.2) is 16.3 Å². The molecule has 0 saturated carbocycles. The quantitative estimate of drug-likeness (QED) is 0.633. The van der Waals surface area contributed by atoms with Crippen molar-refractivity contribution in [1.29, 1.82) is 0 Å². The largest absolute Gasteiger partial charge is 0.285 e. The van der Waals surface area contributed by atoms with Gasteiger partial charge in [0.1, 0.15) is 0 Å². The third-order valence-corrected chi connectivity index (χ3v) is 2.19. The molecule has 0 aliphatic heterocycles. The summed E-state index contributed by atoms with van der Waals surface area (Å²) < 4.78 is 0.808. The zero-order valence-electron chi connectivity index (χ0n) is 5.44. The van der Waals surface area contributed by atoms with E-state index in [0.717, 1.165) is 4.70 Å². The van der Waals surface area contributed by atoms with Gasteiger partial charge in [-0.2, -0.15) is 0 Å². The molecule has 0 unspecified atom stereocenters.